The van der Waals surface area contributed by atoms with Gasteiger partial charge >= 0.3 is 11.8 Å². The minimum atomic E-state index is -0.543. The van der Waals surface area contributed by atoms with Crippen molar-refractivity contribution in [2.45, 2.75) is 6.92 Å². The second-order valence-electron chi connectivity index (χ2n) is 3.67. The summed E-state index contributed by atoms with van der Waals surface area (Å²) in [5.41, 5.74) is 1.84. The second kappa shape index (κ2) is 4.25. The maximum atomic E-state index is 11.7. The third-order valence-electron chi connectivity index (χ3n) is 2.45. The lowest BCUT2D eigenvalue weighted by Crippen LogP contribution is -2.52. The van der Waals surface area contributed by atoms with E-state index in [1.807, 2.05) is 25.1 Å². The van der Waals surface area contributed by atoms with Crippen LogP contribution in [0.4, 0.5) is 5.69 Å². The summed E-state index contributed by atoms with van der Waals surface area (Å²) in [5, 5.41) is 2.52. The molecule has 2 rings (SSSR count). The Hall–Kier alpha value is -1.36. The largest absolute Gasteiger partial charge is 0.346 e. The number of hydrogen-bond acceptors (Lipinski definition) is 2. The number of rotatable bonds is 1. The SMILES string of the molecule is Cc1ccc(N2CCNC(=O)C2=O)c(Br)c1. The van der Waals surface area contributed by atoms with E-state index in [9.17, 15) is 9.59 Å². The summed E-state index contributed by atoms with van der Waals surface area (Å²) in [6.07, 6.45) is 0. The standard InChI is InChI=1S/C11H11BrN2O2/c1-7-2-3-9(8(12)6-7)14-5-4-13-10(15)11(14)16/h2-3,6H,4-5H2,1H3,(H,13,15). The normalized spacial score (nSPS) is 16.2. The molecule has 5 heteroatoms. The molecule has 0 unspecified atom stereocenters. The smallest absolute Gasteiger partial charge is 0.316 e. The Balaban J connectivity index is 2.36. The van der Waals surface area contributed by atoms with Crippen LogP contribution >= 0.6 is 15.9 Å². The first-order valence-corrected chi connectivity index (χ1v) is 5.75. The number of hydrogen-bond donors (Lipinski definition) is 1. The molecule has 1 saturated heterocycles. The summed E-state index contributed by atoms with van der Waals surface area (Å²) in [5.74, 6) is -1.05. The quantitative estimate of drug-likeness (QED) is 0.788. The number of benzene rings is 1. The number of anilines is 1. The van der Waals surface area contributed by atoms with Gasteiger partial charge in [0, 0.05) is 17.6 Å². The predicted octanol–water partition coefficient (Wildman–Crippen LogP) is 1.22. The van der Waals surface area contributed by atoms with E-state index < -0.39 is 11.8 Å². The molecule has 84 valence electrons. The van der Waals surface area contributed by atoms with E-state index in [4.69, 9.17) is 0 Å². The van der Waals surface area contributed by atoms with Gasteiger partial charge in [0.2, 0.25) is 0 Å². The highest BCUT2D eigenvalue weighted by atomic mass is 79.9. The number of amides is 2. The van der Waals surface area contributed by atoms with E-state index in [-0.39, 0.29) is 0 Å². The van der Waals surface area contributed by atoms with Crippen LogP contribution in [0.2, 0.25) is 0 Å². The molecule has 1 aliphatic heterocycles. The number of nitrogens with one attached hydrogen (secondary N) is 1. The third-order valence-corrected chi connectivity index (χ3v) is 3.09. The molecule has 0 saturated carbocycles. The van der Waals surface area contributed by atoms with Crippen molar-refractivity contribution in [3.63, 3.8) is 0 Å². The maximum Gasteiger partial charge on any atom is 0.316 e. The van der Waals surface area contributed by atoms with Gasteiger partial charge in [0.25, 0.3) is 0 Å². The molecule has 1 fully saturated rings. The molecule has 4 nitrogen and oxygen atoms in total. The van der Waals surface area contributed by atoms with Crippen molar-refractivity contribution >= 4 is 33.4 Å². The van der Waals surface area contributed by atoms with Crippen LogP contribution in [0, 0.1) is 6.92 Å². The summed E-state index contributed by atoms with van der Waals surface area (Å²) < 4.78 is 0.829. The molecule has 0 aliphatic carbocycles. The van der Waals surface area contributed by atoms with Gasteiger partial charge in [-0.2, -0.15) is 0 Å². The monoisotopic (exact) mass is 282 g/mol. The molecule has 0 radical (unpaired) electrons. The molecule has 16 heavy (non-hydrogen) atoms. The van der Waals surface area contributed by atoms with E-state index >= 15 is 0 Å². The summed E-state index contributed by atoms with van der Waals surface area (Å²) in [6.45, 7) is 2.97. The highest BCUT2D eigenvalue weighted by molar-refractivity contribution is 9.10. The van der Waals surface area contributed by atoms with Gasteiger partial charge in [-0.3, -0.25) is 9.59 Å². The molecule has 1 aromatic carbocycles. The maximum absolute atomic E-state index is 11.7. The number of piperazine rings is 1. The fourth-order valence-corrected chi connectivity index (χ4v) is 2.35. The van der Waals surface area contributed by atoms with Crippen LogP contribution in [0.1, 0.15) is 5.56 Å². The van der Waals surface area contributed by atoms with Gasteiger partial charge in [-0.1, -0.05) is 6.07 Å². The van der Waals surface area contributed by atoms with Gasteiger partial charge in [0.05, 0.1) is 5.69 Å². The van der Waals surface area contributed by atoms with Crippen molar-refractivity contribution in [2.24, 2.45) is 0 Å². The summed E-state index contributed by atoms with van der Waals surface area (Å²) in [7, 11) is 0. The summed E-state index contributed by atoms with van der Waals surface area (Å²) in [4.78, 5) is 24.4. The van der Waals surface area contributed by atoms with Crippen molar-refractivity contribution in [1.82, 2.24) is 5.32 Å². The molecule has 0 aromatic heterocycles. The number of halogens is 1. The van der Waals surface area contributed by atoms with Crippen molar-refractivity contribution in [3.05, 3.63) is 28.2 Å². The van der Waals surface area contributed by atoms with E-state index in [0.717, 1.165) is 15.7 Å². The van der Waals surface area contributed by atoms with Gasteiger partial charge in [-0.25, -0.2) is 0 Å². The fourth-order valence-electron chi connectivity index (χ4n) is 1.64. The fraction of sp³-hybridized carbons (Fsp3) is 0.273. The molecule has 2 amide bonds. The second-order valence-corrected chi connectivity index (χ2v) is 4.52. The van der Waals surface area contributed by atoms with Crippen molar-refractivity contribution < 1.29 is 9.59 Å². The number of carbonyl (C=O) groups excluding carboxylic acids is 2. The van der Waals surface area contributed by atoms with Gasteiger partial charge in [-0.15, -0.1) is 0 Å². The van der Waals surface area contributed by atoms with Crippen LogP contribution in [0.3, 0.4) is 0 Å². The van der Waals surface area contributed by atoms with E-state index in [1.54, 1.807) is 0 Å². The summed E-state index contributed by atoms with van der Waals surface area (Å²) >= 11 is 3.40. The topological polar surface area (TPSA) is 49.4 Å². The van der Waals surface area contributed by atoms with Crippen LogP contribution in [-0.2, 0) is 9.59 Å². The minimum Gasteiger partial charge on any atom is -0.346 e. The lowest BCUT2D eigenvalue weighted by Gasteiger charge is -2.27. The molecular formula is C11H11BrN2O2. The average molecular weight is 283 g/mol. The van der Waals surface area contributed by atoms with Crippen molar-refractivity contribution in [1.29, 1.82) is 0 Å². The molecule has 1 heterocycles. The highest BCUT2D eigenvalue weighted by Gasteiger charge is 2.28. The Kier molecular flexibility index (Phi) is 2.96. The zero-order valence-corrected chi connectivity index (χ0v) is 10.4. The lowest BCUT2D eigenvalue weighted by atomic mass is 10.2. The van der Waals surface area contributed by atoms with Crippen LogP contribution in [0.15, 0.2) is 22.7 Å². The van der Waals surface area contributed by atoms with Gasteiger partial charge in [0.15, 0.2) is 0 Å². The van der Waals surface area contributed by atoms with E-state index in [1.165, 1.54) is 4.90 Å². The Morgan fingerprint density at radius 3 is 2.81 bits per heavy atom. The van der Waals surface area contributed by atoms with E-state index in [0.29, 0.717) is 13.1 Å². The zero-order valence-electron chi connectivity index (χ0n) is 8.79. The first-order valence-electron chi connectivity index (χ1n) is 4.95. The Labute approximate surface area is 102 Å². The average Bonchev–Trinajstić information content (AvgIpc) is 2.23. The van der Waals surface area contributed by atoms with Gasteiger partial charge in [-0.05, 0) is 40.5 Å². The van der Waals surface area contributed by atoms with Crippen LogP contribution in [0.5, 0.6) is 0 Å². The van der Waals surface area contributed by atoms with Crippen molar-refractivity contribution in [2.75, 3.05) is 18.0 Å². The molecular weight excluding hydrogens is 272 g/mol. The minimum absolute atomic E-state index is 0.491. The highest BCUT2D eigenvalue weighted by Crippen LogP contribution is 2.27. The van der Waals surface area contributed by atoms with Gasteiger partial charge < -0.3 is 10.2 Å². The Morgan fingerprint density at radius 1 is 1.38 bits per heavy atom. The molecule has 1 aliphatic rings. The predicted molar refractivity (Wildman–Crippen MR) is 64.2 cm³/mol. The Morgan fingerprint density at radius 2 is 2.12 bits per heavy atom. The lowest BCUT2D eigenvalue weighted by molar-refractivity contribution is -0.138. The first-order chi connectivity index (χ1) is 7.59. The van der Waals surface area contributed by atoms with Gasteiger partial charge in [0.1, 0.15) is 0 Å². The molecule has 0 bridgehead atoms. The Bertz CT molecular complexity index is 459. The van der Waals surface area contributed by atoms with Crippen molar-refractivity contribution in [3.8, 4) is 0 Å². The van der Waals surface area contributed by atoms with E-state index in [2.05, 4.69) is 21.2 Å². The van der Waals surface area contributed by atoms with Crippen LogP contribution in [-0.4, -0.2) is 24.9 Å². The van der Waals surface area contributed by atoms with Crippen LogP contribution < -0.4 is 10.2 Å². The van der Waals surface area contributed by atoms with Crippen LogP contribution in [0.25, 0.3) is 0 Å². The first kappa shape index (κ1) is 11.1. The molecule has 0 atom stereocenters. The number of carbonyl (C=O) groups is 2. The molecule has 0 spiro atoms. The zero-order chi connectivity index (χ0) is 11.7. The molecule has 1 aromatic rings. The molecule has 1 N–H and O–H groups in total. The number of nitrogens with zero attached hydrogens (tertiary/aromatic N) is 1. The third kappa shape index (κ3) is 1.95. The number of aryl methyl sites for hydroxylation is 1. The summed E-state index contributed by atoms with van der Waals surface area (Å²) in [6, 6.07) is 5.69.